The molecule has 0 spiro atoms. The van der Waals surface area contributed by atoms with Crippen molar-refractivity contribution in [1.82, 2.24) is 0 Å². The Bertz CT molecular complexity index is 387. The first kappa shape index (κ1) is 10.0. The number of methoxy groups -OCH3 is 1. The number of nitrogens with zero attached hydrogens (tertiary/aromatic N) is 1. The van der Waals surface area contributed by atoms with Crippen LogP contribution in [-0.4, -0.2) is 19.6 Å². The standard InChI is InChI=1S/C12H15NO2/c1-9(14)13-7-3-4-10-8-11(15-2)5-6-12(10)13/h5-6,8H,3-4,7H2,1-2H3. The van der Waals surface area contributed by atoms with Crippen LogP contribution in [0.2, 0.25) is 0 Å². The smallest absolute Gasteiger partial charge is 0.223 e. The molecule has 80 valence electrons. The molecule has 0 radical (unpaired) electrons. The molecule has 0 atom stereocenters. The third-order valence-electron chi connectivity index (χ3n) is 2.79. The number of hydrogen-bond acceptors (Lipinski definition) is 2. The summed E-state index contributed by atoms with van der Waals surface area (Å²) in [5, 5.41) is 0. The molecule has 0 saturated carbocycles. The minimum absolute atomic E-state index is 0.112. The van der Waals surface area contributed by atoms with Crippen LogP contribution in [-0.2, 0) is 11.2 Å². The van der Waals surface area contributed by atoms with Gasteiger partial charge in [0.05, 0.1) is 7.11 Å². The van der Waals surface area contributed by atoms with E-state index >= 15 is 0 Å². The molecule has 1 aliphatic heterocycles. The molecule has 0 N–H and O–H groups in total. The highest BCUT2D eigenvalue weighted by Gasteiger charge is 2.19. The molecule has 1 aromatic carbocycles. The molecule has 3 heteroatoms. The minimum atomic E-state index is 0.112. The van der Waals surface area contributed by atoms with Crippen LogP contribution in [0, 0.1) is 0 Å². The van der Waals surface area contributed by atoms with E-state index in [0.717, 1.165) is 30.8 Å². The van der Waals surface area contributed by atoms with Crippen LogP contribution in [0.15, 0.2) is 18.2 Å². The zero-order chi connectivity index (χ0) is 10.8. The molecule has 0 bridgehead atoms. The van der Waals surface area contributed by atoms with Gasteiger partial charge in [-0.1, -0.05) is 0 Å². The Morgan fingerprint density at radius 3 is 2.93 bits per heavy atom. The molecular formula is C12H15NO2. The van der Waals surface area contributed by atoms with Gasteiger partial charge in [-0.05, 0) is 36.6 Å². The van der Waals surface area contributed by atoms with Crippen LogP contribution in [0.3, 0.4) is 0 Å². The number of fused-ring (bicyclic) bond motifs is 1. The van der Waals surface area contributed by atoms with Crippen molar-refractivity contribution in [2.24, 2.45) is 0 Å². The summed E-state index contributed by atoms with van der Waals surface area (Å²) in [5.74, 6) is 0.972. The van der Waals surface area contributed by atoms with E-state index < -0.39 is 0 Å². The number of ether oxygens (including phenoxy) is 1. The fraction of sp³-hybridized carbons (Fsp3) is 0.417. The summed E-state index contributed by atoms with van der Waals surface area (Å²) >= 11 is 0. The molecule has 0 fully saturated rings. The van der Waals surface area contributed by atoms with Crippen molar-refractivity contribution < 1.29 is 9.53 Å². The number of carbonyl (C=O) groups excluding carboxylic acids is 1. The second kappa shape index (κ2) is 3.93. The second-order valence-corrected chi connectivity index (χ2v) is 3.77. The molecule has 1 amide bonds. The zero-order valence-electron chi connectivity index (χ0n) is 9.12. The normalized spacial score (nSPS) is 14.7. The lowest BCUT2D eigenvalue weighted by atomic mass is 10.0. The van der Waals surface area contributed by atoms with E-state index in [1.165, 1.54) is 5.56 Å². The topological polar surface area (TPSA) is 29.5 Å². The monoisotopic (exact) mass is 205 g/mol. The van der Waals surface area contributed by atoms with Gasteiger partial charge in [-0.15, -0.1) is 0 Å². The van der Waals surface area contributed by atoms with Crippen LogP contribution >= 0.6 is 0 Å². The van der Waals surface area contributed by atoms with Gasteiger partial charge >= 0.3 is 0 Å². The van der Waals surface area contributed by atoms with E-state index in [1.807, 2.05) is 23.1 Å². The van der Waals surface area contributed by atoms with E-state index in [2.05, 4.69) is 0 Å². The van der Waals surface area contributed by atoms with E-state index in [9.17, 15) is 4.79 Å². The van der Waals surface area contributed by atoms with Gasteiger partial charge in [-0.3, -0.25) is 4.79 Å². The van der Waals surface area contributed by atoms with Gasteiger partial charge in [0.2, 0.25) is 5.91 Å². The third-order valence-corrected chi connectivity index (χ3v) is 2.79. The van der Waals surface area contributed by atoms with Crippen LogP contribution in [0.4, 0.5) is 5.69 Å². The van der Waals surface area contributed by atoms with Crippen molar-refractivity contribution in [1.29, 1.82) is 0 Å². The highest BCUT2D eigenvalue weighted by Crippen LogP contribution is 2.30. The van der Waals surface area contributed by atoms with Gasteiger partial charge in [0.1, 0.15) is 5.75 Å². The summed E-state index contributed by atoms with van der Waals surface area (Å²) in [4.78, 5) is 13.2. The number of anilines is 1. The first-order valence-electron chi connectivity index (χ1n) is 5.17. The lowest BCUT2D eigenvalue weighted by Crippen LogP contribution is -2.33. The second-order valence-electron chi connectivity index (χ2n) is 3.77. The van der Waals surface area contributed by atoms with Crippen LogP contribution in [0.5, 0.6) is 5.75 Å². The largest absolute Gasteiger partial charge is 0.497 e. The first-order chi connectivity index (χ1) is 7.22. The van der Waals surface area contributed by atoms with Crippen molar-refractivity contribution in [2.45, 2.75) is 19.8 Å². The highest BCUT2D eigenvalue weighted by atomic mass is 16.5. The maximum atomic E-state index is 11.4. The number of hydrogen-bond donors (Lipinski definition) is 0. The quantitative estimate of drug-likeness (QED) is 0.701. The average molecular weight is 205 g/mol. The van der Waals surface area contributed by atoms with Crippen LogP contribution < -0.4 is 9.64 Å². The first-order valence-corrected chi connectivity index (χ1v) is 5.17. The number of benzene rings is 1. The molecule has 2 rings (SSSR count). The maximum absolute atomic E-state index is 11.4. The summed E-state index contributed by atoms with van der Waals surface area (Å²) in [7, 11) is 1.66. The summed E-state index contributed by atoms with van der Waals surface area (Å²) in [6.45, 7) is 2.44. The Morgan fingerprint density at radius 1 is 1.47 bits per heavy atom. The summed E-state index contributed by atoms with van der Waals surface area (Å²) < 4.78 is 5.17. The third kappa shape index (κ3) is 1.82. The van der Waals surface area contributed by atoms with Crippen LogP contribution in [0.25, 0.3) is 0 Å². The molecule has 1 aromatic rings. The Kier molecular flexibility index (Phi) is 2.62. The van der Waals surface area contributed by atoms with Crippen molar-refractivity contribution in [2.75, 3.05) is 18.6 Å². The Balaban J connectivity index is 2.40. The van der Waals surface area contributed by atoms with Crippen molar-refractivity contribution in [3.63, 3.8) is 0 Å². The predicted molar refractivity (Wildman–Crippen MR) is 59.3 cm³/mol. The van der Waals surface area contributed by atoms with Crippen molar-refractivity contribution in [3.8, 4) is 5.75 Å². The van der Waals surface area contributed by atoms with Gasteiger partial charge < -0.3 is 9.64 Å². The van der Waals surface area contributed by atoms with Gasteiger partial charge in [0.15, 0.2) is 0 Å². The summed E-state index contributed by atoms with van der Waals surface area (Å²) in [5.41, 5.74) is 2.24. The molecule has 0 unspecified atom stereocenters. The highest BCUT2D eigenvalue weighted by molar-refractivity contribution is 5.92. The summed E-state index contributed by atoms with van der Waals surface area (Å²) in [6.07, 6.45) is 2.05. The van der Waals surface area contributed by atoms with Crippen molar-refractivity contribution >= 4 is 11.6 Å². The summed E-state index contributed by atoms with van der Waals surface area (Å²) in [6, 6.07) is 5.89. The number of rotatable bonds is 1. The Labute approximate surface area is 89.7 Å². The van der Waals surface area contributed by atoms with Gasteiger partial charge in [-0.25, -0.2) is 0 Å². The van der Waals surface area contributed by atoms with E-state index in [1.54, 1.807) is 14.0 Å². The molecule has 1 aliphatic rings. The van der Waals surface area contributed by atoms with E-state index in [-0.39, 0.29) is 5.91 Å². The van der Waals surface area contributed by atoms with Crippen molar-refractivity contribution in [3.05, 3.63) is 23.8 Å². The van der Waals surface area contributed by atoms with Gasteiger partial charge in [-0.2, -0.15) is 0 Å². The lowest BCUT2D eigenvalue weighted by Gasteiger charge is -2.28. The minimum Gasteiger partial charge on any atom is -0.497 e. The molecule has 0 saturated heterocycles. The molecular weight excluding hydrogens is 190 g/mol. The lowest BCUT2D eigenvalue weighted by molar-refractivity contribution is -0.116. The fourth-order valence-electron chi connectivity index (χ4n) is 2.03. The van der Waals surface area contributed by atoms with Crippen LogP contribution in [0.1, 0.15) is 18.9 Å². The fourth-order valence-corrected chi connectivity index (χ4v) is 2.03. The van der Waals surface area contributed by atoms with E-state index in [0.29, 0.717) is 0 Å². The zero-order valence-corrected chi connectivity index (χ0v) is 9.12. The molecule has 3 nitrogen and oxygen atoms in total. The molecule has 15 heavy (non-hydrogen) atoms. The number of amides is 1. The Morgan fingerprint density at radius 2 is 2.27 bits per heavy atom. The molecule has 1 heterocycles. The molecule has 0 aliphatic carbocycles. The number of aryl methyl sites for hydroxylation is 1. The molecule has 0 aromatic heterocycles. The van der Waals surface area contributed by atoms with Gasteiger partial charge in [0.25, 0.3) is 0 Å². The van der Waals surface area contributed by atoms with E-state index in [4.69, 9.17) is 4.74 Å². The predicted octanol–water partition coefficient (Wildman–Crippen LogP) is 1.99. The Hall–Kier alpha value is -1.51. The average Bonchev–Trinajstić information content (AvgIpc) is 2.27. The SMILES string of the molecule is COc1ccc2c(c1)CCCN2C(C)=O. The maximum Gasteiger partial charge on any atom is 0.223 e. The van der Waals surface area contributed by atoms with Gasteiger partial charge in [0, 0.05) is 19.2 Å². The number of carbonyl (C=O) groups is 1.